The molecule has 1 aliphatic rings. The summed E-state index contributed by atoms with van der Waals surface area (Å²) in [5.74, 6) is 1.06. The summed E-state index contributed by atoms with van der Waals surface area (Å²) >= 11 is 0. The van der Waals surface area contributed by atoms with Crippen molar-refractivity contribution in [2.75, 3.05) is 7.05 Å². The quantitative estimate of drug-likeness (QED) is 0.756. The molecule has 84 valence electrons. The lowest BCUT2D eigenvalue weighted by Crippen LogP contribution is -2.33. The Bertz CT molecular complexity index is 301. The Morgan fingerprint density at radius 2 is 2.13 bits per heavy atom. The molecule has 1 aliphatic carbocycles. The van der Waals surface area contributed by atoms with Gasteiger partial charge in [0.2, 0.25) is 0 Å². The van der Waals surface area contributed by atoms with Crippen molar-refractivity contribution in [1.29, 1.82) is 0 Å². The molecule has 1 aromatic heterocycles. The lowest BCUT2D eigenvalue weighted by Gasteiger charge is -2.30. The summed E-state index contributed by atoms with van der Waals surface area (Å²) in [6.07, 6.45) is 8.49. The summed E-state index contributed by atoms with van der Waals surface area (Å²) in [6.45, 7) is 0.918. The van der Waals surface area contributed by atoms with Gasteiger partial charge in [0.25, 0.3) is 0 Å². The van der Waals surface area contributed by atoms with Crippen molar-refractivity contribution in [3.05, 3.63) is 12.2 Å². The molecule has 0 saturated heterocycles. The third-order valence-electron chi connectivity index (χ3n) is 3.39. The zero-order valence-electron chi connectivity index (χ0n) is 9.69. The first kappa shape index (κ1) is 10.6. The van der Waals surface area contributed by atoms with Gasteiger partial charge in [0.1, 0.15) is 12.2 Å². The standard InChI is InChI=1S/C11H20N4/c1-14(10-6-4-3-5-7-10)8-11-12-9-13-15(11)2/h9-10H,3-8H2,1-2H3. The van der Waals surface area contributed by atoms with Crippen LogP contribution in [-0.4, -0.2) is 32.8 Å². The molecule has 1 heterocycles. The molecule has 0 aliphatic heterocycles. The van der Waals surface area contributed by atoms with E-state index in [-0.39, 0.29) is 0 Å². The highest BCUT2D eigenvalue weighted by atomic mass is 15.3. The van der Waals surface area contributed by atoms with Gasteiger partial charge < -0.3 is 0 Å². The van der Waals surface area contributed by atoms with Crippen LogP contribution in [-0.2, 0) is 13.6 Å². The largest absolute Gasteiger partial charge is 0.296 e. The molecule has 0 spiro atoms. The zero-order valence-corrected chi connectivity index (χ0v) is 9.69. The Kier molecular flexibility index (Phi) is 3.36. The van der Waals surface area contributed by atoms with Gasteiger partial charge in [-0.05, 0) is 19.9 Å². The van der Waals surface area contributed by atoms with Crippen LogP contribution in [0.4, 0.5) is 0 Å². The minimum Gasteiger partial charge on any atom is -0.296 e. The highest BCUT2D eigenvalue weighted by molar-refractivity contribution is 4.85. The molecule has 1 aromatic rings. The van der Waals surface area contributed by atoms with Crippen molar-refractivity contribution >= 4 is 0 Å². The maximum Gasteiger partial charge on any atom is 0.140 e. The second-order valence-electron chi connectivity index (χ2n) is 4.51. The van der Waals surface area contributed by atoms with Crippen molar-refractivity contribution in [3.63, 3.8) is 0 Å². The summed E-state index contributed by atoms with van der Waals surface area (Å²) < 4.78 is 1.86. The van der Waals surface area contributed by atoms with Crippen LogP contribution in [0, 0.1) is 0 Å². The van der Waals surface area contributed by atoms with Crippen LogP contribution >= 0.6 is 0 Å². The molecule has 15 heavy (non-hydrogen) atoms. The molecule has 0 amide bonds. The number of hydrogen-bond donors (Lipinski definition) is 0. The Balaban J connectivity index is 1.91. The molecule has 0 bridgehead atoms. The average Bonchev–Trinajstić information content (AvgIpc) is 2.66. The molecular formula is C11H20N4. The number of aromatic nitrogens is 3. The Morgan fingerprint density at radius 1 is 1.40 bits per heavy atom. The van der Waals surface area contributed by atoms with Gasteiger partial charge in [-0.1, -0.05) is 19.3 Å². The van der Waals surface area contributed by atoms with Crippen LogP contribution in [0.1, 0.15) is 37.9 Å². The topological polar surface area (TPSA) is 34.0 Å². The predicted octanol–water partition coefficient (Wildman–Crippen LogP) is 1.58. The molecule has 4 heteroatoms. The first-order valence-corrected chi connectivity index (χ1v) is 5.80. The highest BCUT2D eigenvalue weighted by Crippen LogP contribution is 2.22. The second kappa shape index (κ2) is 4.75. The van der Waals surface area contributed by atoms with Gasteiger partial charge in [0, 0.05) is 13.1 Å². The van der Waals surface area contributed by atoms with E-state index >= 15 is 0 Å². The third kappa shape index (κ3) is 2.56. The number of nitrogens with zero attached hydrogens (tertiary/aromatic N) is 4. The number of aryl methyl sites for hydroxylation is 1. The molecule has 0 aromatic carbocycles. The fraction of sp³-hybridized carbons (Fsp3) is 0.818. The summed E-state index contributed by atoms with van der Waals surface area (Å²) in [5, 5.41) is 4.09. The van der Waals surface area contributed by atoms with Gasteiger partial charge in [-0.15, -0.1) is 0 Å². The molecule has 0 atom stereocenters. The molecule has 0 unspecified atom stereocenters. The molecule has 0 radical (unpaired) electrons. The van der Waals surface area contributed by atoms with Crippen molar-refractivity contribution in [2.24, 2.45) is 7.05 Å². The predicted molar refractivity (Wildman–Crippen MR) is 59.3 cm³/mol. The molecule has 4 nitrogen and oxygen atoms in total. The molecular weight excluding hydrogens is 188 g/mol. The zero-order chi connectivity index (χ0) is 10.7. The van der Waals surface area contributed by atoms with Crippen molar-refractivity contribution in [3.8, 4) is 0 Å². The van der Waals surface area contributed by atoms with Crippen LogP contribution in [0.15, 0.2) is 6.33 Å². The van der Waals surface area contributed by atoms with Crippen LogP contribution in [0.2, 0.25) is 0 Å². The Labute approximate surface area is 91.3 Å². The van der Waals surface area contributed by atoms with E-state index < -0.39 is 0 Å². The fourth-order valence-corrected chi connectivity index (χ4v) is 2.34. The Hall–Kier alpha value is -0.900. The Morgan fingerprint density at radius 3 is 2.73 bits per heavy atom. The van der Waals surface area contributed by atoms with E-state index in [4.69, 9.17) is 0 Å². The van der Waals surface area contributed by atoms with Gasteiger partial charge in [-0.25, -0.2) is 4.98 Å². The minimum absolute atomic E-state index is 0.746. The van der Waals surface area contributed by atoms with Crippen LogP contribution in [0.5, 0.6) is 0 Å². The van der Waals surface area contributed by atoms with E-state index in [9.17, 15) is 0 Å². The van der Waals surface area contributed by atoms with Gasteiger partial charge >= 0.3 is 0 Å². The summed E-state index contributed by atoms with van der Waals surface area (Å²) in [7, 11) is 4.15. The second-order valence-corrected chi connectivity index (χ2v) is 4.51. The summed E-state index contributed by atoms with van der Waals surface area (Å²) in [4.78, 5) is 6.68. The van der Waals surface area contributed by atoms with Gasteiger partial charge in [-0.2, -0.15) is 5.10 Å². The highest BCUT2D eigenvalue weighted by Gasteiger charge is 2.18. The summed E-state index contributed by atoms with van der Waals surface area (Å²) in [5.41, 5.74) is 0. The van der Waals surface area contributed by atoms with E-state index in [1.54, 1.807) is 6.33 Å². The van der Waals surface area contributed by atoms with E-state index in [1.807, 2.05) is 11.7 Å². The number of rotatable bonds is 3. The molecule has 2 rings (SSSR count). The minimum atomic E-state index is 0.746. The van der Waals surface area contributed by atoms with Crippen LogP contribution < -0.4 is 0 Å². The van der Waals surface area contributed by atoms with Gasteiger partial charge in [0.05, 0.1) is 6.54 Å². The fourth-order valence-electron chi connectivity index (χ4n) is 2.34. The SMILES string of the molecule is CN(Cc1ncnn1C)C1CCCCC1. The van der Waals surface area contributed by atoms with E-state index in [1.165, 1.54) is 32.1 Å². The third-order valence-corrected chi connectivity index (χ3v) is 3.39. The average molecular weight is 208 g/mol. The monoisotopic (exact) mass is 208 g/mol. The molecule has 0 N–H and O–H groups in total. The smallest absolute Gasteiger partial charge is 0.140 e. The first-order valence-electron chi connectivity index (χ1n) is 5.80. The van der Waals surface area contributed by atoms with E-state index in [2.05, 4.69) is 22.0 Å². The first-order chi connectivity index (χ1) is 7.27. The lowest BCUT2D eigenvalue weighted by atomic mass is 9.94. The molecule has 1 fully saturated rings. The van der Waals surface area contributed by atoms with Crippen molar-refractivity contribution < 1.29 is 0 Å². The van der Waals surface area contributed by atoms with Crippen molar-refractivity contribution in [1.82, 2.24) is 19.7 Å². The number of hydrogen-bond acceptors (Lipinski definition) is 3. The van der Waals surface area contributed by atoms with Gasteiger partial charge in [0.15, 0.2) is 0 Å². The maximum atomic E-state index is 4.26. The lowest BCUT2D eigenvalue weighted by molar-refractivity contribution is 0.179. The normalized spacial score (nSPS) is 18.6. The summed E-state index contributed by atoms with van der Waals surface area (Å²) in [6, 6.07) is 0.746. The maximum absolute atomic E-state index is 4.26. The van der Waals surface area contributed by atoms with Crippen LogP contribution in [0.25, 0.3) is 0 Å². The van der Waals surface area contributed by atoms with E-state index in [0.717, 1.165) is 18.4 Å². The van der Waals surface area contributed by atoms with Gasteiger partial charge in [-0.3, -0.25) is 9.58 Å². The molecule has 1 saturated carbocycles. The van der Waals surface area contributed by atoms with Crippen LogP contribution in [0.3, 0.4) is 0 Å². The van der Waals surface area contributed by atoms with Crippen molar-refractivity contribution in [2.45, 2.75) is 44.7 Å². The van der Waals surface area contributed by atoms with E-state index in [0.29, 0.717) is 0 Å².